The quantitative estimate of drug-likeness (QED) is 0.712. The van der Waals surface area contributed by atoms with Crippen molar-refractivity contribution in [3.05, 3.63) is 71.3 Å². The maximum absolute atomic E-state index is 12.9. The molecule has 0 unspecified atom stereocenters. The summed E-state index contributed by atoms with van der Waals surface area (Å²) in [5, 5.41) is 3.31. The minimum absolute atomic E-state index is 0.0144. The molecule has 4 saturated carbocycles. The van der Waals surface area contributed by atoms with Crippen molar-refractivity contribution in [1.82, 2.24) is 5.32 Å². The van der Waals surface area contributed by atoms with Crippen molar-refractivity contribution in [2.45, 2.75) is 51.5 Å². The number of hydrogen-bond acceptors (Lipinski definition) is 2. The Labute approximate surface area is 172 Å². The predicted octanol–water partition coefficient (Wildman–Crippen LogP) is 5.25. The summed E-state index contributed by atoms with van der Waals surface area (Å²) in [4.78, 5) is 25.5. The third kappa shape index (κ3) is 3.41. The van der Waals surface area contributed by atoms with E-state index in [1.165, 1.54) is 38.5 Å². The first-order chi connectivity index (χ1) is 14.0. The second-order valence-electron chi connectivity index (χ2n) is 9.75. The van der Waals surface area contributed by atoms with Gasteiger partial charge >= 0.3 is 0 Å². The Kier molecular flexibility index (Phi) is 4.57. The van der Waals surface area contributed by atoms with Crippen LogP contribution in [0.4, 0.5) is 0 Å². The van der Waals surface area contributed by atoms with Gasteiger partial charge < -0.3 is 5.32 Å². The van der Waals surface area contributed by atoms with E-state index in [0.717, 1.165) is 17.8 Å². The van der Waals surface area contributed by atoms with E-state index in [1.54, 1.807) is 24.3 Å². The van der Waals surface area contributed by atoms with E-state index in [4.69, 9.17) is 0 Å². The highest BCUT2D eigenvalue weighted by atomic mass is 16.1. The maximum atomic E-state index is 12.9. The van der Waals surface area contributed by atoms with Gasteiger partial charge in [0.1, 0.15) is 0 Å². The van der Waals surface area contributed by atoms with Crippen LogP contribution in [-0.2, 0) is 0 Å². The minimum Gasteiger partial charge on any atom is -0.349 e. The minimum atomic E-state index is -0.0213. The molecule has 0 aliphatic heterocycles. The van der Waals surface area contributed by atoms with Crippen LogP contribution in [0.3, 0.4) is 0 Å². The van der Waals surface area contributed by atoms with Crippen LogP contribution in [0.2, 0.25) is 0 Å². The van der Waals surface area contributed by atoms with Gasteiger partial charge in [-0.3, -0.25) is 9.59 Å². The number of carbonyl (C=O) groups excluding carboxylic acids is 2. The van der Waals surface area contributed by atoms with Gasteiger partial charge in [-0.05, 0) is 80.8 Å². The molecular weight excluding hydrogens is 358 g/mol. The Hall–Kier alpha value is -2.42. The Morgan fingerprint density at radius 1 is 0.793 bits per heavy atom. The maximum Gasteiger partial charge on any atom is 0.251 e. The molecule has 4 bridgehead atoms. The zero-order valence-electron chi connectivity index (χ0n) is 17.1. The van der Waals surface area contributed by atoms with E-state index in [9.17, 15) is 9.59 Å². The summed E-state index contributed by atoms with van der Waals surface area (Å²) in [6, 6.07) is 16.5. The normalized spacial score (nSPS) is 30.7. The molecule has 29 heavy (non-hydrogen) atoms. The zero-order chi connectivity index (χ0) is 20.0. The Morgan fingerprint density at radius 2 is 1.28 bits per heavy atom. The Bertz CT molecular complexity index is 880. The first-order valence-corrected chi connectivity index (χ1v) is 11.0. The van der Waals surface area contributed by atoms with Crippen molar-refractivity contribution in [3.63, 3.8) is 0 Å². The van der Waals surface area contributed by atoms with Crippen LogP contribution < -0.4 is 5.32 Å². The fourth-order valence-corrected chi connectivity index (χ4v) is 6.67. The SMILES string of the molecule is C[C@H](NC(=O)c1ccc(C(=O)c2ccccc2)cc1)C12CC3CC(CC(C3)C1)C2. The van der Waals surface area contributed by atoms with Gasteiger partial charge in [0.25, 0.3) is 5.91 Å². The number of benzene rings is 2. The molecule has 3 nitrogen and oxygen atoms in total. The summed E-state index contributed by atoms with van der Waals surface area (Å²) in [5.74, 6) is 2.60. The Morgan fingerprint density at radius 3 is 1.83 bits per heavy atom. The van der Waals surface area contributed by atoms with Crippen molar-refractivity contribution in [2.24, 2.45) is 23.2 Å². The molecule has 4 aliphatic rings. The lowest BCUT2D eigenvalue weighted by Crippen LogP contribution is -2.55. The van der Waals surface area contributed by atoms with Gasteiger partial charge in [-0.1, -0.05) is 42.5 Å². The molecule has 1 N–H and O–H groups in total. The topological polar surface area (TPSA) is 46.2 Å². The molecule has 1 amide bonds. The molecule has 1 atom stereocenters. The number of ketones is 1. The average Bonchev–Trinajstić information content (AvgIpc) is 2.73. The molecular formula is C26H29NO2. The van der Waals surface area contributed by atoms with E-state index in [2.05, 4.69) is 12.2 Å². The highest BCUT2D eigenvalue weighted by Gasteiger charge is 2.53. The van der Waals surface area contributed by atoms with E-state index in [1.807, 2.05) is 30.3 Å². The lowest BCUT2D eigenvalue weighted by atomic mass is 9.48. The van der Waals surface area contributed by atoms with Crippen molar-refractivity contribution < 1.29 is 9.59 Å². The summed E-state index contributed by atoms with van der Waals surface area (Å²) in [6.07, 6.45) is 8.09. The molecule has 6 rings (SSSR count). The van der Waals surface area contributed by atoms with Crippen molar-refractivity contribution in [2.75, 3.05) is 0 Å². The molecule has 0 saturated heterocycles. The van der Waals surface area contributed by atoms with Gasteiger partial charge in [0.05, 0.1) is 0 Å². The van der Waals surface area contributed by atoms with Crippen molar-refractivity contribution in [1.29, 1.82) is 0 Å². The van der Waals surface area contributed by atoms with Crippen LogP contribution in [0.5, 0.6) is 0 Å². The van der Waals surface area contributed by atoms with Crippen molar-refractivity contribution in [3.8, 4) is 0 Å². The van der Waals surface area contributed by atoms with Crippen LogP contribution in [0.1, 0.15) is 71.7 Å². The highest BCUT2D eigenvalue weighted by Crippen LogP contribution is 2.61. The summed E-state index contributed by atoms with van der Waals surface area (Å²) in [7, 11) is 0. The van der Waals surface area contributed by atoms with E-state index in [-0.39, 0.29) is 17.7 Å². The van der Waals surface area contributed by atoms with Gasteiger partial charge in [0.15, 0.2) is 5.78 Å². The fraction of sp³-hybridized carbons (Fsp3) is 0.462. The molecule has 0 heterocycles. The first kappa shape index (κ1) is 18.6. The number of hydrogen-bond donors (Lipinski definition) is 1. The molecule has 0 aromatic heterocycles. The zero-order valence-corrected chi connectivity index (χ0v) is 17.1. The Balaban J connectivity index is 1.27. The monoisotopic (exact) mass is 387 g/mol. The standard InChI is InChI=1S/C26H29NO2/c1-17(26-14-18-11-19(15-26)13-20(12-18)16-26)27-25(29)23-9-7-22(8-10-23)24(28)21-5-3-2-4-6-21/h2-10,17-20H,11-16H2,1H3,(H,27,29)/t17-,18?,19?,20?,26?/m0/s1. The molecule has 3 heteroatoms. The number of amides is 1. The molecule has 0 radical (unpaired) electrons. The largest absolute Gasteiger partial charge is 0.349 e. The van der Waals surface area contributed by atoms with Gasteiger partial charge in [-0.15, -0.1) is 0 Å². The second kappa shape index (κ2) is 7.12. The average molecular weight is 388 g/mol. The number of carbonyl (C=O) groups is 2. The highest BCUT2D eigenvalue weighted by molar-refractivity contribution is 6.09. The van der Waals surface area contributed by atoms with E-state index in [0.29, 0.717) is 22.1 Å². The first-order valence-electron chi connectivity index (χ1n) is 11.0. The molecule has 4 fully saturated rings. The molecule has 2 aromatic rings. The van der Waals surface area contributed by atoms with Gasteiger partial charge in [0, 0.05) is 22.7 Å². The number of nitrogens with one attached hydrogen (secondary N) is 1. The molecule has 2 aromatic carbocycles. The van der Waals surface area contributed by atoms with Crippen LogP contribution in [0.25, 0.3) is 0 Å². The molecule has 0 spiro atoms. The fourth-order valence-electron chi connectivity index (χ4n) is 6.67. The summed E-state index contributed by atoms with van der Waals surface area (Å²) in [6.45, 7) is 2.21. The molecule has 150 valence electrons. The summed E-state index contributed by atoms with van der Waals surface area (Å²) < 4.78 is 0. The van der Waals surface area contributed by atoms with Gasteiger partial charge in [-0.2, -0.15) is 0 Å². The van der Waals surface area contributed by atoms with Crippen LogP contribution in [0.15, 0.2) is 54.6 Å². The summed E-state index contributed by atoms with van der Waals surface area (Å²) in [5.41, 5.74) is 2.21. The molecule has 4 aliphatic carbocycles. The smallest absolute Gasteiger partial charge is 0.251 e. The lowest BCUT2D eigenvalue weighted by Gasteiger charge is -2.59. The van der Waals surface area contributed by atoms with E-state index < -0.39 is 0 Å². The van der Waals surface area contributed by atoms with Crippen molar-refractivity contribution >= 4 is 11.7 Å². The van der Waals surface area contributed by atoms with Gasteiger partial charge in [-0.25, -0.2) is 0 Å². The van der Waals surface area contributed by atoms with Crippen LogP contribution in [-0.4, -0.2) is 17.7 Å². The van der Waals surface area contributed by atoms with Gasteiger partial charge in [0.2, 0.25) is 0 Å². The second-order valence-corrected chi connectivity index (χ2v) is 9.75. The third-order valence-corrected chi connectivity index (χ3v) is 7.80. The summed E-state index contributed by atoms with van der Waals surface area (Å²) >= 11 is 0. The van der Waals surface area contributed by atoms with Crippen LogP contribution in [0, 0.1) is 23.2 Å². The predicted molar refractivity (Wildman–Crippen MR) is 114 cm³/mol. The third-order valence-electron chi connectivity index (χ3n) is 7.80. The van der Waals surface area contributed by atoms with E-state index >= 15 is 0 Å². The number of rotatable bonds is 5. The lowest BCUT2D eigenvalue weighted by molar-refractivity contribution is -0.0688. The van der Waals surface area contributed by atoms with Crippen LogP contribution >= 0.6 is 0 Å².